The first-order chi connectivity index (χ1) is 13.8. The lowest BCUT2D eigenvalue weighted by Crippen LogP contribution is -2.16. The number of phenolic OH excluding ortho intramolecular Hbond substituents is 1. The zero-order valence-electron chi connectivity index (χ0n) is 15.2. The first kappa shape index (κ1) is 22.0. The van der Waals surface area contributed by atoms with Crippen molar-refractivity contribution in [3.8, 4) is 11.5 Å². The van der Waals surface area contributed by atoms with E-state index >= 15 is 0 Å². The lowest BCUT2D eigenvalue weighted by molar-refractivity contribution is -0.245. The van der Waals surface area contributed by atoms with Crippen LogP contribution in [0.3, 0.4) is 0 Å². The van der Waals surface area contributed by atoms with Gasteiger partial charge in [0.05, 0.1) is 18.3 Å². The Morgan fingerprint density at radius 3 is 2.07 bits per heavy atom. The summed E-state index contributed by atoms with van der Waals surface area (Å²) in [5.41, 5.74) is -1.55. The number of hydrogen-bond donors (Lipinski definition) is 5. The predicted octanol–water partition coefficient (Wildman–Crippen LogP) is 2.23. The van der Waals surface area contributed by atoms with Crippen LogP contribution >= 0.6 is 0 Å². The van der Waals surface area contributed by atoms with E-state index < -0.39 is 46.3 Å². The maximum absolute atomic E-state index is 13.0. The SMILES string of the molecule is O=C(CCC(O)CCOO)c1cccc(O)c1C(=O)c1cccc(O)c1C(=O)O. The average Bonchev–Trinajstić information content (AvgIpc) is 2.69. The summed E-state index contributed by atoms with van der Waals surface area (Å²) < 4.78 is 0. The van der Waals surface area contributed by atoms with Crippen molar-refractivity contribution in [2.24, 2.45) is 0 Å². The second-order valence-corrected chi connectivity index (χ2v) is 6.27. The molecule has 0 aliphatic carbocycles. The van der Waals surface area contributed by atoms with Gasteiger partial charge in [0.1, 0.15) is 17.1 Å². The molecule has 0 radical (unpaired) electrons. The van der Waals surface area contributed by atoms with E-state index in [1.54, 1.807) is 0 Å². The molecule has 0 amide bonds. The van der Waals surface area contributed by atoms with Gasteiger partial charge in [-0.05, 0) is 31.0 Å². The molecule has 0 aliphatic heterocycles. The summed E-state index contributed by atoms with van der Waals surface area (Å²) in [6.45, 7) is -0.110. The number of carbonyl (C=O) groups excluding carboxylic acids is 2. The first-order valence-electron chi connectivity index (χ1n) is 8.67. The van der Waals surface area contributed by atoms with Crippen molar-refractivity contribution in [2.45, 2.75) is 25.4 Å². The number of aliphatic hydroxyl groups is 1. The molecule has 2 aromatic rings. The highest BCUT2D eigenvalue weighted by molar-refractivity contribution is 6.20. The Hall–Kier alpha value is -3.27. The van der Waals surface area contributed by atoms with Gasteiger partial charge in [-0.2, -0.15) is 0 Å². The first-order valence-corrected chi connectivity index (χ1v) is 8.67. The van der Waals surface area contributed by atoms with Crippen LogP contribution in [0.25, 0.3) is 0 Å². The largest absolute Gasteiger partial charge is 0.507 e. The fourth-order valence-electron chi connectivity index (χ4n) is 2.87. The number of Topliss-reactive ketones (excluding diaryl/α,β-unsaturated/α-hetero) is 1. The van der Waals surface area contributed by atoms with Crippen molar-refractivity contribution in [3.63, 3.8) is 0 Å². The van der Waals surface area contributed by atoms with Gasteiger partial charge in [0.25, 0.3) is 0 Å². The van der Waals surface area contributed by atoms with Crippen LogP contribution in [0, 0.1) is 0 Å². The molecule has 9 nitrogen and oxygen atoms in total. The maximum atomic E-state index is 13.0. The number of carboxylic acid groups (broad SMARTS) is 1. The number of carboxylic acids is 1. The molecule has 1 atom stereocenters. The number of ketones is 2. The van der Waals surface area contributed by atoms with E-state index in [2.05, 4.69) is 4.89 Å². The van der Waals surface area contributed by atoms with Gasteiger partial charge in [-0.15, -0.1) is 0 Å². The van der Waals surface area contributed by atoms with Crippen LogP contribution < -0.4 is 0 Å². The molecule has 1 unspecified atom stereocenters. The van der Waals surface area contributed by atoms with Crippen LogP contribution in [0.5, 0.6) is 11.5 Å². The van der Waals surface area contributed by atoms with Gasteiger partial charge in [-0.25, -0.2) is 9.68 Å². The highest BCUT2D eigenvalue weighted by Gasteiger charge is 2.27. The molecule has 0 aromatic heterocycles. The Kier molecular flexibility index (Phi) is 7.43. The number of phenols is 2. The van der Waals surface area contributed by atoms with Gasteiger partial charge in [0.2, 0.25) is 0 Å². The third kappa shape index (κ3) is 5.17. The van der Waals surface area contributed by atoms with Crippen molar-refractivity contribution in [1.29, 1.82) is 0 Å². The quantitative estimate of drug-likeness (QED) is 0.227. The van der Waals surface area contributed by atoms with Gasteiger partial charge < -0.3 is 20.4 Å². The third-order valence-electron chi connectivity index (χ3n) is 4.32. The molecule has 29 heavy (non-hydrogen) atoms. The Morgan fingerprint density at radius 1 is 0.897 bits per heavy atom. The summed E-state index contributed by atoms with van der Waals surface area (Å²) >= 11 is 0. The molecule has 0 bridgehead atoms. The molecule has 2 aromatic carbocycles. The summed E-state index contributed by atoms with van der Waals surface area (Å²) in [4.78, 5) is 40.9. The molecular weight excluding hydrogens is 384 g/mol. The molecule has 0 aliphatic rings. The van der Waals surface area contributed by atoms with E-state index in [0.29, 0.717) is 0 Å². The van der Waals surface area contributed by atoms with Crippen LogP contribution in [-0.4, -0.2) is 55.9 Å². The summed E-state index contributed by atoms with van der Waals surface area (Å²) in [6, 6.07) is 7.40. The number of carbonyl (C=O) groups is 3. The van der Waals surface area contributed by atoms with E-state index in [-0.39, 0.29) is 37.0 Å². The predicted molar refractivity (Wildman–Crippen MR) is 99.4 cm³/mol. The van der Waals surface area contributed by atoms with E-state index in [0.717, 1.165) is 6.07 Å². The van der Waals surface area contributed by atoms with Crippen molar-refractivity contribution in [2.75, 3.05) is 6.61 Å². The van der Waals surface area contributed by atoms with Crippen molar-refractivity contribution < 1.29 is 45.0 Å². The summed E-state index contributed by atoms with van der Waals surface area (Å²) in [5.74, 6) is -4.17. The number of rotatable bonds is 10. The fraction of sp³-hybridized carbons (Fsp3) is 0.250. The van der Waals surface area contributed by atoms with Crippen molar-refractivity contribution >= 4 is 17.5 Å². The molecule has 0 fully saturated rings. The number of benzene rings is 2. The van der Waals surface area contributed by atoms with Crippen LogP contribution in [0.15, 0.2) is 36.4 Å². The second kappa shape index (κ2) is 9.78. The van der Waals surface area contributed by atoms with E-state index in [9.17, 15) is 34.8 Å². The Bertz CT molecular complexity index is 920. The highest BCUT2D eigenvalue weighted by Crippen LogP contribution is 2.29. The molecule has 0 spiro atoms. The summed E-state index contributed by atoms with van der Waals surface area (Å²) in [7, 11) is 0. The monoisotopic (exact) mass is 404 g/mol. The standard InChI is InChI=1S/C20H20O9/c21-11(9-10-29-28)7-8-14(22)12-3-1-5-15(23)17(12)19(25)13-4-2-6-16(24)18(13)20(26)27/h1-6,11,21,23-24,28H,7-10H2,(H,26,27). The van der Waals surface area contributed by atoms with E-state index in [1.807, 2.05) is 0 Å². The minimum absolute atomic E-state index is 0.0258. The number of hydrogen-bond acceptors (Lipinski definition) is 8. The van der Waals surface area contributed by atoms with Crippen LogP contribution in [0.1, 0.15) is 55.9 Å². The number of aromatic hydroxyl groups is 2. The summed E-state index contributed by atoms with van der Waals surface area (Å²) in [5, 5.41) is 47.3. The number of aromatic carboxylic acids is 1. The number of aliphatic hydroxyl groups excluding tert-OH is 1. The normalized spacial score (nSPS) is 11.8. The Morgan fingerprint density at radius 2 is 1.48 bits per heavy atom. The molecule has 2 rings (SSSR count). The minimum atomic E-state index is -1.54. The van der Waals surface area contributed by atoms with Crippen LogP contribution in [0.2, 0.25) is 0 Å². The van der Waals surface area contributed by atoms with E-state index in [1.165, 1.54) is 30.3 Å². The van der Waals surface area contributed by atoms with Gasteiger partial charge in [0.15, 0.2) is 11.6 Å². The molecule has 0 saturated carbocycles. The highest BCUT2D eigenvalue weighted by atomic mass is 17.1. The van der Waals surface area contributed by atoms with Crippen LogP contribution in [0.4, 0.5) is 0 Å². The Balaban J connectivity index is 2.38. The molecule has 5 N–H and O–H groups in total. The Labute approximate surface area is 165 Å². The lowest BCUT2D eigenvalue weighted by Gasteiger charge is -2.13. The molecular formula is C20H20O9. The minimum Gasteiger partial charge on any atom is -0.507 e. The summed E-state index contributed by atoms with van der Waals surface area (Å²) in [6.07, 6.45) is -0.965. The van der Waals surface area contributed by atoms with Gasteiger partial charge in [0, 0.05) is 17.5 Å². The van der Waals surface area contributed by atoms with Gasteiger partial charge in [-0.1, -0.05) is 18.2 Å². The zero-order chi connectivity index (χ0) is 21.6. The average molecular weight is 404 g/mol. The van der Waals surface area contributed by atoms with E-state index in [4.69, 9.17) is 5.26 Å². The molecule has 154 valence electrons. The lowest BCUT2D eigenvalue weighted by atomic mass is 9.91. The zero-order valence-corrected chi connectivity index (χ0v) is 15.2. The van der Waals surface area contributed by atoms with Crippen molar-refractivity contribution in [3.05, 3.63) is 58.7 Å². The molecule has 0 heterocycles. The van der Waals surface area contributed by atoms with Gasteiger partial charge >= 0.3 is 5.97 Å². The maximum Gasteiger partial charge on any atom is 0.340 e. The molecule has 0 saturated heterocycles. The van der Waals surface area contributed by atoms with Crippen LogP contribution in [-0.2, 0) is 4.89 Å². The van der Waals surface area contributed by atoms with Crippen molar-refractivity contribution in [1.82, 2.24) is 0 Å². The molecule has 9 heteroatoms. The second-order valence-electron chi connectivity index (χ2n) is 6.27. The topological polar surface area (TPSA) is 162 Å². The smallest absolute Gasteiger partial charge is 0.340 e. The van der Waals surface area contributed by atoms with Gasteiger partial charge in [-0.3, -0.25) is 14.8 Å². The third-order valence-corrected chi connectivity index (χ3v) is 4.32. The fourth-order valence-corrected chi connectivity index (χ4v) is 2.87.